The SMILES string of the molecule is COc1ccc(-c2cccc(-c3cccc(-c4cccc(-c5ccc(OC)cc5)n4)c3)n2)cc1. The predicted molar refractivity (Wildman–Crippen MR) is 137 cm³/mol. The monoisotopic (exact) mass is 444 g/mol. The van der Waals surface area contributed by atoms with Crippen LogP contribution in [-0.4, -0.2) is 24.2 Å². The molecule has 5 rings (SSSR count). The van der Waals surface area contributed by atoms with Crippen LogP contribution in [0.5, 0.6) is 11.5 Å². The Balaban J connectivity index is 1.46. The van der Waals surface area contributed by atoms with E-state index in [9.17, 15) is 0 Å². The van der Waals surface area contributed by atoms with Gasteiger partial charge < -0.3 is 9.47 Å². The first-order valence-corrected chi connectivity index (χ1v) is 11.1. The summed E-state index contributed by atoms with van der Waals surface area (Å²) in [6.07, 6.45) is 0. The van der Waals surface area contributed by atoms with E-state index >= 15 is 0 Å². The van der Waals surface area contributed by atoms with Crippen molar-refractivity contribution in [2.45, 2.75) is 0 Å². The Bertz CT molecular complexity index is 1300. The lowest BCUT2D eigenvalue weighted by Crippen LogP contribution is -1.91. The Morgan fingerprint density at radius 1 is 0.412 bits per heavy atom. The molecule has 0 spiro atoms. The molecule has 0 bridgehead atoms. The number of ether oxygens (including phenoxy) is 2. The fourth-order valence-corrected chi connectivity index (χ4v) is 3.87. The molecule has 4 nitrogen and oxygen atoms in total. The van der Waals surface area contributed by atoms with Gasteiger partial charge in [-0.15, -0.1) is 0 Å². The molecule has 0 aliphatic heterocycles. The summed E-state index contributed by atoms with van der Waals surface area (Å²) in [6, 6.07) is 36.4. The van der Waals surface area contributed by atoms with Crippen molar-refractivity contribution >= 4 is 0 Å². The van der Waals surface area contributed by atoms with E-state index in [0.717, 1.165) is 56.5 Å². The number of methoxy groups -OCH3 is 2. The van der Waals surface area contributed by atoms with Gasteiger partial charge in [0.2, 0.25) is 0 Å². The van der Waals surface area contributed by atoms with Crippen molar-refractivity contribution in [1.82, 2.24) is 9.97 Å². The van der Waals surface area contributed by atoms with Crippen molar-refractivity contribution in [2.75, 3.05) is 14.2 Å². The first kappa shape index (κ1) is 21.4. The van der Waals surface area contributed by atoms with E-state index in [1.54, 1.807) is 14.2 Å². The highest BCUT2D eigenvalue weighted by atomic mass is 16.5. The van der Waals surface area contributed by atoms with Crippen molar-refractivity contribution in [3.63, 3.8) is 0 Å². The van der Waals surface area contributed by atoms with Gasteiger partial charge in [-0.25, -0.2) is 9.97 Å². The van der Waals surface area contributed by atoms with Gasteiger partial charge in [0, 0.05) is 22.3 Å². The molecule has 34 heavy (non-hydrogen) atoms. The molecule has 4 heteroatoms. The molecule has 0 radical (unpaired) electrons. The lowest BCUT2D eigenvalue weighted by molar-refractivity contribution is 0.415. The molecule has 5 aromatic rings. The van der Waals surface area contributed by atoms with E-state index in [1.807, 2.05) is 91.0 Å². The van der Waals surface area contributed by atoms with Gasteiger partial charge >= 0.3 is 0 Å². The van der Waals surface area contributed by atoms with Crippen molar-refractivity contribution < 1.29 is 9.47 Å². The third kappa shape index (κ3) is 4.52. The Hall–Kier alpha value is -4.44. The number of hydrogen-bond acceptors (Lipinski definition) is 4. The van der Waals surface area contributed by atoms with E-state index in [-0.39, 0.29) is 0 Å². The highest BCUT2D eigenvalue weighted by molar-refractivity contribution is 5.73. The maximum Gasteiger partial charge on any atom is 0.118 e. The summed E-state index contributed by atoms with van der Waals surface area (Å²) >= 11 is 0. The molecule has 0 saturated carbocycles. The zero-order chi connectivity index (χ0) is 23.3. The number of aromatic nitrogens is 2. The van der Waals surface area contributed by atoms with E-state index < -0.39 is 0 Å². The minimum atomic E-state index is 0.831. The Labute approximate surface area is 199 Å². The number of rotatable bonds is 6. The summed E-state index contributed by atoms with van der Waals surface area (Å²) < 4.78 is 10.5. The molecular formula is C30H24N2O2. The van der Waals surface area contributed by atoms with Crippen LogP contribution in [0.2, 0.25) is 0 Å². The number of benzene rings is 3. The van der Waals surface area contributed by atoms with Crippen LogP contribution >= 0.6 is 0 Å². The van der Waals surface area contributed by atoms with E-state index in [0.29, 0.717) is 0 Å². The quantitative estimate of drug-likeness (QED) is 0.279. The van der Waals surface area contributed by atoms with Crippen molar-refractivity contribution in [3.8, 4) is 56.5 Å². The van der Waals surface area contributed by atoms with Crippen molar-refractivity contribution in [1.29, 1.82) is 0 Å². The molecule has 3 aromatic carbocycles. The topological polar surface area (TPSA) is 44.2 Å². The van der Waals surface area contributed by atoms with Crippen molar-refractivity contribution in [2.24, 2.45) is 0 Å². The molecule has 0 aliphatic rings. The largest absolute Gasteiger partial charge is 0.497 e. The van der Waals surface area contributed by atoms with Crippen LogP contribution in [0.4, 0.5) is 0 Å². The van der Waals surface area contributed by atoms with Crippen molar-refractivity contribution in [3.05, 3.63) is 109 Å². The number of hydrogen-bond donors (Lipinski definition) is 0. The third-order valence-corrected chi connectivity index (χ3v) is 5.72. The first-order chi connectivity index (χ1) is 16.7. The van der Waals surface area contributed by atoms with Crippen LogP contribution in [-0.2, 0) is 0 Å². The zero-order valence-corrected chi connectivity index (χ0v) is 19.1. The molecule has 2 heterocycles. The van der Waals surface area contributed by atoms with E-state index in [1.165, 1.54) is 0 Å². The van der Waals surface area contributed by atoms with Gasteiger partial charge in [-0.3, -0.25) is 0 Å². The summed E-state index contributed by atoms with van der Waals surface area (Å²) in [6.45, 7) is 0. The second kappa shape index (κ2) is 9.59. The summed E-state index contributed by atoms with van der Waals surface area (Å²) in [7, 11) is 3.34. The van der Waals surface area contributed by atoms with Gasteiger partial charge in [0.1, 0.15) is 11.5 Å². The first-order valence-electron chi connectivity index (χ1n) is 11.1. The summed E-state index contributed by atoms with van der Waals surface area (Å²) in [4.78, 5) is 9.82. The highest BCUT2D eigenvalue weighted by Crippen LogP contribution is 2.29. The summed E-state index contributed by atoms with van der Waals surface area (Å²) in [5.74, 6) is 1.66. The Morgan fingerprint density at radius 2 is 0.765 bits per heavy atom. The molecule has 0 N–H and O–H groups in total. The maximum atomic E-state index is 5.27. The predicted octanol–water partition coefficient (Wildman–Crippen LogP) is 7.16. The van der Waals surface area contributed by atoms with Gasteiger partial charge in [-0.05, 0) is 78.9 Å². The zero-order valence-electron chi connectivity index (χ0n) is 19.1. The van der Waals surface area contributed by atoms with E-state index in [4.69, 9.17) is 19.4 Å². The van der Waals surface area contributed by atoms with Crippen LogP contribution in [0.25, 0.3) is 45.0 Å². The Morgan fingerprint density at radius 3 is 1.15 bits per heavy atom. The molecule has 0 aliphatic carbocycles. The smallest absolute Gasteiger partial charge is 0.118 e. The molecule has 0 saturated heterocycles. The normalized spacial score (nSPS) is 10.6. The van der Waals surface area contributed by atoms with Crippen LogP contribution < -0.4 is 9.47 Å². The van der Waals surface area contributed by atoms with Crippen LogP contribution in [0.15, 0.2) is 109 Å². The summed E-state index contributed by atoms with van der Waals surface area (Å²) in [5, 5.41) is 0. The molecule has 166 valence electrons. The second-order valence-corrected chi connectivity index (χ2v) is 7.85. The fraction of sp³-hybridized carbons (Fsp3) is 0.0667. The lowest BCUT2D eigenvalue weighted by Gasteiger charge is -2.09. The summed E-state index contributed by atoms with van der Waals surface area (Å²) in [5.41, 5.74) is 7.87. The van der Waals surface area contributed by atoms with Gasteiger partial charge in [-0.1, -0.05) is 30.3 Å². The Kier molecular flexibility index (Phi) is 6.04. The van der Waals surface area contributed by atoms with Gasteiger partial charge in [-0.2, -0.15) is 0 Å². The minimum Gasteiger partial charge on any atom is -0.497 e. The standard InChI is InChI=1S/C30H24N2O2/c1-33-25-16-12-21(13-17-25)27-8-4-10-29(31-27)23-6-3-7-24(20-23)30-11-5-9-28(32-30)22-14-18-26(34-2)19-15-22/h3-20H,1-2H3. The molecular weight excluding hydrogens is 420 g/mol. The lowest BCUT2D eigenvalue weighted by atomic mass is 10.0. The van der Waals surface area contributed by atoms with Gasteiger partial charge in [0.25, 0.3) is 0 Å². The molecule has 2 aromatic heterocycles. The number of nitrogens with zero attached hydrogens (tertiary/aromatic N) is 2. The van der Waals surface area contributed by atoms with Gasteiger partial charge in [0.15, 0.2) is 0 Å². The molecule has 0 amide bonds. The third-order valence-electron chi connectivity index (χ3n) is 5.72. The molecule has 0 atom stereocenters. The van der Waals surface area contributed by atoms with Crippen LogP contribution in [0.1, 0.15) is 0 Å². The van der Waals surface area contributed by atoms with Crippen LogP contribution in [0.3, 0.4) is 0 Å². The van der Waals surface area contributed by atoms with E-state index in [2.05, 4.69) is 18.2 Å². The van der Waals surface area contributed by atoms with Gasteiger partial charge in [0.05, 0.1) is 37.0 Å². The minimum absolute atomic E-state index is 0.831. The highest BCUT2D eigenvalue weighted by Gasteiger charge is 2.08. The average molecular weight is 445 g/mol. The molecule has 0 fully saturated rings. The maximum absolute atomic E-state index is 5.27. The molecule has 0 unspecified atom stereocenters. The second-order valence-electron chi connectivity index (χ2n) is 7.85. The average Bonchev–Trinajstić information content (AvgIpc) is 2.93. The van der Waals surface area contributed by atoms with Crippen LogP contribution in [0, 0.1) is 0 Å². The number of pyridine rings is 2. The fourth-order valence-electron chi connectivity index (χ4n) is 3.87.